The van der Waals surface area contributed by atoms with Crippen molar-refractivity contribution in [3.8, 4) is 0 Å². The molecule has 0 heteroatoms. The second kappa shape index (κ2) is 7.85. The van der Waals surface area contributed by atoms with Gasteiger partial charge in [0.15, 0.2) is 0 Å². The Labute approximate surface area is 156 Å². The summed E-state index contributed by atoms with van der Waals surface area (Å²) in [5.74, 6) is 0. The van der Waals surface area contributed by atoms with Crippen LogP contribution in [0.5, 0.6) is 0 Å². The Kier molecular flexibility index (Phi) is 5.96. The Morgan fingerprint density at radius 1 is 0.640 bits per heavy atom. The quantitative estimate of drug-likeness (QED) is 0.362. The first-order chi connectivity index (χ1) is 11.9. The summed E-state index contributed by atoms with van der Waals surface area (Å²) in [5.41, 5.74) is 7.73. The van der Waals surface area contributed by atoms with E-state index in [1.54, 1.807) is 11.1 Å². The Hall–Kier alpha value is -0.780. The van der Waals surface area contributed by atoms with Crippen LogP contribution in [-0.2, 0) is 12.8 Å². The maximum absolute atomic E-state index is 2.50. The summed E-state index contributed by atoms with van der Waals surface area (Å²) in [6.45, 7) is 9.58. The fraction of sp³-hybridized carbons (Fsp3) is 0.760. The molecule has 0 amide bonds. The van der Waals surface area contributed by atoms with Crippen molar-refractivity contribution in [2.75, 3.05) is 0 Å². The van der Waals surface area contributed by atoms with Gasteiger partial charge in [0.05, 0.1) is 0 Å². The summed E-state index contributed by atoms with van der Waals surface area (Å²) < 4.78 is 0. The topological polar surface area (TPSA) is 0 Å². The third kappa shape index (κ3) is 5.87. The van der Waals surface area contributed by atoms with E-state index in [2.05, 4.69) is 39.8 Å². The van der Waals surface area contributed by atoms with E-state index in [-0.39, 0.29) is 0 Å². The van der Waals surface area contributed by atoms with E-state index in [1.807, 2.05) is 0 Å². The molecule has 2 aliphatic carbocycles. The fourth-order valence-corrected chi connectivity index (χ4v) is 4.31. The first kappa shape index (κ1) is 19.0. The molecule has 0 radical (unpaired) electrons. The number of unbranched alkanes of at least 4 members (excludes halogenated alkanes) is 3. The minimum Gasteiger partial charge on any atom is -0.0596 e. The van der Waals surface area contributed by atoms with Gasteiger partial charge in [-0.2, -0.15) is 0 Å². The largest absolute Gasteiger partial charge is 0.0596 e. The molecule has 0 saturated heterocycles. The highest BCUT2D eigenvalue weighted by molar-refractivity contribution is 5.37. The smallest absolute Gasteiger partial charge is 0.0276 e. The summed E-state index contributed by atoms with van der Waals surface area (Å²) >= 11 is 0. The van der Waals surface area contributed by atoms with Crippen molar-refractivity contribution in [1.29, 1.82) is 0 Å². The van der Waals surface area contributed by atoms with Gasteiger partial charge in [0.1, 0.15) is 0 Å². The van der Waals surface area contributed by atoms with Crippen LogP contribution < -0.4 is 0 Å². The molecule has 25 heavy (non-hydrogen) atoms. The first-order valence-corrected chi connectivity index (χ1v) is 11.0. The van der Waals surface area contributed by atoms with Gasteiger partial charge < -0.3 is 0 Å². The van der Waals surface area contributed by atoms with E-state index in [0.717, 1.165) is 10.8 Å². The van der Waals surface area contributed by atoms with Crippen molar-refractivity contribution < 1.29 is 0 Å². The number of rotatable bonds is 11. The van der Waals surface area contributed by atoms with Crippen molar-refractivity contribution in [2.45, 2.75) is 111 Å². The molecule has 0 heterocycles. The highest BCUT2D eigenvalue weighted by Gasteiger charge is 2.36. The Morgan fingerprint density at radius 3 is 1.48 bits per heavy atom. The zero-order chi connectivity index (χ0) is 17.9. The third-order valence-electron chi connectivity index (χ3n) is 7.20. The predicted molar refractivity (Wildman–Crippen MR) is 110 cm³/mol. The van der Waals surface area contributed by atoms with E-state index in [1.165, 1.54) is 94.6 Å². The van der Waals surface area contributed by atoms with Gasteiger partial charge in [-0.1, -0.05) is 45.2 Å². The Bertz CT molecular complexity index is 572. The summed E-state index contributed by atoms with van der Waals surface area (Å²) in [6, 6.07) is 4.99. The standard InChI is InChI=1S/C25H40/c1-20-19-23(11-7-9-13-25(4)16-17-25)21(2)18-22(20)10-6-5-8-12-24(3)14-15-24/h18-19H,5-17H2,1-4H3. The average Bonchev–Trinajstić information content (AvgIpc) is 3.48. The number of hydrogen-bond donors (Lipinski definition) is 0. The van der Waals surface area contributed by atoms with E-state index in [9.17, 15) is 0 Å². The second-order valence-corrected chi connectivity index (χ2v) is 10.1. The molecule has 0 nitrogen and oxygen atoms in total. The molecular weight excluding hydrogens is 300 g/mol. The molecule has 3 rings (SSSR count). The minimum absolute atomic E-state index is 0.728. The van der Waals surface area contributed by atoms with Gasteiger partial charge in [0, 0.05) is 0 Å². The third-order valence-corrected chi connectivity index (χ3v) is 7.20. The van der Waals surface area contributed by atoms with Crippen LogP contribution in [0.15, 0.2) is 12.1 Å². The van der Waals surface area contributed by atoms with Gasteiger partial charge >= 0.3 is 0 Å². The van der Waals surface area contributed by atoms with Crippen molar-refractivity contribution in [1.82, 2.24) is 0 Å². The van der Waals surface area contributed by atoms with Crippen LogP contribution in [0.25, 0.3) is 0 Å². The van der Waals surface area contributed by atoms with Crippen molar-refractivity contribution in [3.63, 3.8) is 0 Å². The lowest BCUT2D eigenvalue weighted by molar-refractivity contribution is 0.475. The molecule has 1 aromatic carbocycles. The second-order valence-electron chi connectivity index (χ2n) is 10.1. The molecule has 2 saturated carbocycles. The zero-order valence-electron chi connectivity index (χ0n) is 17.3. The van der Waals surface area contributed by atoms with Crippen LogP contribution in [0.4, 0.5) is 0 Å². The number of benzene rings is 1. The first-order valence-electron chi connectivity index (χ1n) is 11.0. The van der Waals surface area contributed by atoms with Crippen LogP contribution in [0, 0.1) is 24.7 Å². The summed E-state index contributed by atoms with van der Waals surface area (Å²) in [4.78, 5) is 0. The maximum atomic E-state index is 2.50. The van der Waals surface area contributed by atoms with E-state index >= 15 is 0 Å². The van der Waals surface area contributed by atoms with Crippen molar-refractivity contribution >= 4 is 0 Å². The highest BCUT2D eigenvalue weighted by atomic mass is 14.4. The zero-order valence-corrected chi connectivity index (χ0v) is 17.3. The maximum Gasteiger partial charge on any atom is -0.0276 e. The van der Waals surface area contributed by atoms with Crippen LogP contribution in [-0.4, -0.2) is 0 Å². The molecule has 2 aliphatic rings. The van der Waals surface area contributed by atoms with Gasteiger partial charge in [-0.25, -0.2) is 0 Å². The molecule has 0 bridgehead atoms. The number of aryl methyl sites for hydroxylation is 4. The lowest BCUT2D eigenvalue weighted by Gasteiger charge is -2.13. The number of hydrogen-bond acceptors (Lipinski definition) is 0. The molecule has 0 spiro atoms. The fourth-order valence-electron chi connectivity index (χ4n) is 4.31. The van der Waals surface area contributed by atoms with Gasteiger partial charge in [0.25, 0.3) is 0 Å². The molecule has 2 fully saturated rings. The highest BCUT2D eigenvalue weighted by Crippen LogP contribution is 2.49. The predicted octanol–water partition coefficient (Wildman–Crippen LogP) is 7.72. The van der Waals surface area contributed by atoms with Gasteiger partial charge in [-0.15, -0.1) is 0 Å². The van der Waals surface area contributed by atoms with Crippen LogP contribution in [0.2, 0.25) is 0 Å². The van der Waals surface area contributed by atoms with Crippen molar-refractivity contribution in [3.05, 3.63) is 34.4 Å². The molecule has 0 aromatic heterocycles. The van der Waals surface area contributed by atoms with E-state index in [4.69, 9.17) is 0 Å². The van der Waals surface area contributed by atoms with Gasteiger partial charge in [-0.3, -0.25) is 0 Å². The van der Waals surface area contributed by atoms with Crippen LogP contribution >= 0.6 is 0 Å². The molecule has 1 aromatic rings. The molecule has 140 valence electrons. The van der Waals surface area contributed by atoms with Crippen LogP contribution in [0.3, 0.4) is 0 Å². The summed E-state index contributed by atoms with van der Waals surface area (Å²) in [6.07, 6.45) is 18.4. The van der Waals surface area contributed by atoms with Gasteiger partial charge in [-0.05, 0) is 111 Å². The molecule has 0 unspecified atom stereocenters. The van der Waals surface area contributed by atoms with Crippen molar-refractivity contribution in [2.24, 2.45) is 10.8 Å². The van der Waals surface area contributed by atoms with Crippen LogP contribution in [0.1, 0.15) is 107 Å². The molecule has 0 N–H and O–H groups in total. The normalized spacial score (nSPS) is 19.8. The minimum atomic E-state index is 0.728. The lowest BCUT2D eigenvalue weighted by Crippen LogP contribution is -1.99. The SMILES string of the molecule is Cc1cc(CCCCC2(C)CC2)c(C)cc1CCCCCC1(C)CC1. The average molecular weight is 341 g/mol. The van der Waals surface area contributed by atoms with E-state index in [0.29, 0.717) is 0 Å². The summed E-state index contributed by atoms with van der Waals surface area (Å²) in [7, 11) is 0. The van der Waals surface area contributed by atoms with Gasteiger partial charge in [0.2, 0.25) is 0 Å². The summed E-state index contributed by atoms with van der Waals surface area (Å²) in [5, 5.41) is 0. The van der Waals surface area contributed by atoms with E-state index < -0.39 is 0 Å². The lowest BCUT2D eigenvalue weighted by atomic mass is 9.92. The molecule has 0 aliphatic heterocycles. The Morgan fingerprint density at radius 2 is 1.04 bits per heavy atom. The monoisotopic (exact) mass is 340 g/mol. The molecule has 0 atom stereocenters. The molecular formula is C25H40. The Balaban J connectivity index is 1.39.